The number of nitrogens with one attached hydrogen (secondary N) is 1. The zero-order chi connectivity index (χ0) is 18.7. The summed E-state index contributed by atoms with van der Waals surface area (Å²) < 4.78 is 0. The van der Waals surface area contributed by atoms with Gasteiger partial charge in [0.25, 0.3) is 5.91 Å². The van der Waals surface area contributed by atoms with Crippen LogP contribution in [0.15, 0.2) is 42.7 Å². The minimum absolute atomic E-state index is 0. The van der Waals surface area contributed by atoms with Crippen LogP contribution >= 0.6 is 24.8 Å². The minimum Gasteiger partial charge on any atom is -0.325 e. The number of benzene rings is 1. The van der Waals surface area contributed by atoms with Gasteiger partial charge in [0.05, 0.1) is 11.6 Å². The summed E-state index contributed by atoms with van der Waals surface area (Å²) in [6.45, 7) is 4.69. The van der Waals surface area contributed by atoms with Gasteiger partial charge in [0.1, 0.15) is 0 Å². The number of rotatable bonds is 5. The maximum Gasteiger partial charge on any atom is 0.259 e. The van der Waals surface area contributed by atoms with Crippen molar-refractivity contribution in [1.29, 1.82) is 0 Å². The number of nitrogens with zero attached hydrogens (tertiary/aromatic N) is 2. The van der Waals surface area contributed by atoms with Crippen LogP contribution in [0.1, 0.15) is 36.2 Å². The molecule has 0 saturated heterocycles. The van der Waals surface area contributed by atoms with E-state index in [2.05, 4.69) is 10.3 Å². The van der Waals surface area contributed by atoms with Gasteiger partial charge in [-0.1, -0.05) is 13.8 Å². The molecule has 0 aliphatic carbocycles. The van der Waals surface area contributed by atoms with E-state index in [0.717, 1.165) is 17.7 Å². The molecular weight excluding hydrogens is 399 g/mol. The lowest BCUT2D eigenvalue weighted by atomic mass is 10.0. The molecular formula is C20H26Cl2N4O2. The normalized spacial score (nSPS) is 13.2. The molecule has 2 aromatic rings. The Balaban J connectivity index is 0.00000196. The summed E-state index contributed by atoms with van der Waals surface area (Å²) in [4.78, 5) is 30.6. The van der Waals surface area contributed by atoms with Crippen molar-refractivity contribution in [2.45, 2.75) is 32.7 Å². The summed E-state index contributed by atoms with van der Waals surface area (Å²) in [6.07, 6.45) is 4.62. The summed E-state index contributed by atoms with van der Waals surface area (Å²) in [5.74, 6) is 0.121. The number of aromatic nitrogens is 1. The van der Waals surface area contributed by atoms with Gasteiger partial charge in [-0.2, -0.15) is 0 Å². The number of anilines is 2. The van der Waals surface area contributed by atoms with Gasteiger partial charge in [-0.15, -0.1) is 24.8 Å². The first kappa shape index (κ1) is 23.9. The molecule has 0 bridgehead atoms. The molecule has 3 rings (SSSR count). The van der Waals surface area contributed by atoms with E-state index in [1.807, 2.05) is 32.0 Å². The maximum absolute atomic E-state index is 12.7. The van der Waals surface area contributed by atoms with Crippen LogP contribution in [-0.4, -0.2) is 29.4 Å². The first-order chi connectivity index (χ1) is 12.5. The number of hydrogen-bond donors (Lipinski definition) is 2. The Labute approximate surface area is 177 Å². The third kappa shape index (κ3) is 5.44. The van der Waals surface area contributed by atoms with Crippen LogP contribution < -0.4 is 16.0 Å². The highest BCUT2D eigenvalue weighted by molar-refractivity contribution is 6.07. The molecule has 2 amide bonds. The highest BCUT2D eigenvalue weighted by Crippen LogP contribution is 2.31. The van der Waals surface area contributed by atoms with E-state index < -0.39 is 6.04 Å². The molecule has 0 saturated carbocycles. The molecule has 0 unspecified atom stereocenters. The fraction of sp³-hybridized carbons (Fsp3) is 0.350. The van der Waals surface area contributed by atoms with Crippen molar-refractivity contribution in [3.63, 3.8) is 0 Å². The Morgan fingerprint density at radius 1 is 1.25 bits per heavy atom. The van der Waals surface area contributed by atoms with Gasteiger partial charge in [-0.25, -0.2) is 0 Å². The first-order valence-corrected chi connectivity index (χ1v) is 8.87. The zero-order valence-corrected chi connectivity index (χ0v) is 17.6. The number of halogens is 2. The molecule has 0 spiro atoms. The molecule has 2 heterocycles. The van der Waals surface area contributed by atoms with Crippen molar-refractivity contribution in [3.05, 3.63) is 53.9 Å². The van der Waals surface area contributed by atoms with Crippen LogP contribution in [0.25, 0.3) is 0 Å². The molecule has 1 aromatic carbocycles. The van der Waals surface area contributed by atoms with Crippen LogP contribution in [-0.2, 0) is 11.2 Å². The second kappa shape index (κ2) is 10.4. The first-order valence-electron chi connectivity index (χ1n) is 8.87. The third-order valence-corrected chi connectivity index (χ3v) is 4.46. The molecule has 6 nitrogen and oxygen atoms in total. The smallest absolute Gasteiger partial charge is 0.259 e. The van der Waals surface area contributed by atoms with Crippen LogP contribution in [0.4, 0.5) is 11.4 Å². The third-order valence-electron chi connectivity index (χ3n) is 4.46. The fourth-order valence-corrected chi connectivity index (χ4v) is 3.19. The quantitative estimate of drug-likeness (QED) is 0.768. The SMILES string of the molecule is CC(C)C[C@H](N)C(=O)Nc1ccc2c(c1)CCN2C(=O)c1cccnc1.Cl.Cl. The highest BCUT2D eigenvalue weighted by Gasteiger charge is 2.26. The van der Waals surface area contributed by atoms with Gasteiger partial charge < -0.3 is 16.0 Å². The number of fused-ring (bicyclic) bond motifs is 1. The second-order valence-electron chi connectivity index (χ2n) is 7.02. The average Bonchev–Trinajstić information content (AvgIpc) is 3.04. The van der Waals surface area contributed by atoms with Gasteiger partial charge >= 0.3 is 0 Å². The predicted octanol–water partition coefficient (Wildman–Crippen LogP) is 3.44. The molecule has 152 valence electrons. The summed E-state index contributed by atoms with van der Waals surface area (Å²) in [5, 5.41) is 2.88. The number of hydrogen-bond acceptors (Lipinski definition) is 4. The van der Waals surface area contributed by atoms with E-state index in [4.69, 9.17) is 5.73 Å². The molecule has 8 heteroatoms. The monoisotopic (exact) mass is 424 g/mol. The van der Waals surface area contributed by atoms with Crippen LogP contribution in [0.5, 0.6) is 0 Å². The van der Waals surface area contributed by atoms with E-state index in [9.17, 15) is 9.59 Å². The van der Waals surface area contributed by atoms with Crippen LogP contribution in [0.2, 0.25) is 0 Å². The topological polar surface area (TPSA) is 88.3 Å². The molecule has 0 fully saturated rings. The van der Waals surface area contributed by atoms with Crippen molar-refractivity contribution >= 4 is 48.0 Å². The van der Waals surface area contributed by atoms with E-state index in [1.165, 1.54) is 0 Å². The van der Waals surface area contributed by atoms with Crippen molar-refractivity contribution in [2.24, 2.45) is 11.7 Å². The Bertz CT molecular complexity index is 815. The van der Waals surface area contributed by atoms with Crippen molar-refractivity contribution in [3.8, 4) is 0 Å². The van der Waals surface area contributed by atoms with Gasteiger partial charge in [0.15, 0.2) is 0 Å². The Hall–Kier alpha value is -2.15. The van der Waals surface area contributed by atoms with Crippen molar-refractivity contribution < 1.29 is 9.59 Å². The summed E-state index contributed by atoms with van der Waals surface area (Å²) >= 11 is 0. The molecule has 3 N–H and O–H groups in total. The van der Waals surface area contributed by atoms with E-state index in [-0.39, 0.29) is 36.6 Å². The molecule has 1 atom stereocenters. The highest BCUT2D eigenvalue weighted by atomic mass is 35.5. The standard InChI is InChI=1S/C20H24N4O2.2ClH/c1-13(2)10-17(21)19(25)23-16-5-6-18-14(11-16)7-9-24(18)20(26)15-4-3-8-22-12-15;;/h3-6,8,11-13,17H,7,9-10,21H2,1-2H3,(H,23,25);2*1H/t17-;;/m0../s1. The lowest BCUT2D eigenvalue weighted by Crippen LogP contribution is -2.36. The predicted molar refractivity (Wildman–Crippen MR) is 117 cm³/mol. The second-order valence-corrected chi connectivity index (χ2v) is 7.02. The number of nitrogens with two attached hydrogens (primary N) is 1. The molecule has 1 aliphatic rings. The van der Waals surface area contributed by atoms with E-state index in [1.54, 1.807) is 29.4 Å². The van der Waals surface area contributed by atoms with Gasteiger partial charge in [0, 0.05) is 30.3 Å². The van der Waals surface area contributed by atoms with E-state index in [0.29, 0.717) is 30.1 Å². The Morgan fingerprint density at radius 3 is 2.64 bits per heavy atom. The fourth-order valence-electron chi connectivity index (χ4n) is 3.19. The van der Waals surface area contributed by atoms with Crippen LogP contribution in [0.3, 0.4) is 0 Å². The molecule has 1 aromatic heterocycles. The Morgan fingerprint density at radius 2 is 2.00 bits per heavy atom. The molecule has 1 aliphatic heterocycles. The number of carbonyl (C=O) groups is 2. The lowest BCUT2D eigenvalue weighted by Gasteiger charge is -2.18. The largest absolute Gasteiger partial charge is 0.325 e. The summed E-state index contributed by atoms with van der Waals surface area (Å²) in [5.41, 5.74) is 9.13. The van der Waals surface area contributed by atoms with Gasteiger partial charge in [0.2, 0.25) is 5.91 Å². The van der Waals surface area contributed by atoms with Gasteiger partial charge in [-0.05, 0) is 54.7 Å². The van der Waals surface area contributed by atoms with Crippen molar-refractivity contribution in [1.82, 2.24) is 4.98 Å². The maximum atomic E-state index is 12.7. The van der Waals surface area contributed by atoms with E-state index >= 15 is 0 Å². The molecule has 28 heavy (non-hydrogen) atoms. The number of amides is 2. The summed E-state index contributed by atoms with van der Waals surface area (Å²) in [6, 6.07) is 8.60. The summed E-state index contributed by atoms with van der Waals surface area (Å²) in [7, 11) is 0. The average molecular weight is 425 g/mol. The lowest BCUT2D eigenvalue weighted by molar-refractivity contribution is -0.117. The van der Waals surface area contributed by atoms with Gasteiger partial charge in [-0.3, -0.25) is 14.6 Å². The van der Waals surface area contributed by atoms with Crippen LogP contribution in [0, 0.1) is 5.92 Å². The zero-order valence-electron chi connectivity index (χ0n) is 15.9. The number of carbonyl (C=O) groups excluding carboxylic acids is 2. The Kier molecular flexibility index (Phi) is 8.88. The molecule has 0 radical (unpaired) electrons. The minimum atomic E-state index is -0.521. The number of pyridine rings is 1. The van der Waals surface area contributed by atoms with Crippen molar-refractivity contribution in [2.75, 3.05) is 16.8 Å².